The number of benzene rings is 1. The first kappa shape index (κ1) is 12.8. The van der Waals surface area contributed by atoms with Crippen LogP contribution in [0.4, 0.5) is 0 Å². The fraction of sp³-hybridized carbons (Fsp3) is 0.600. The Morgan fingerprint density at radius 3 is 2.53 bits per heavy atom. The van der Waals surface area contributed by atoms with Crippen molar-refractivity contribution in [1.29, 1.82) is 0 Å². The first-order chi connectivity index (χ1) is 8.29. The number of hydrogen-bond donors (Lipinski definition) is 0. The van der Waals surface area contributed by atoms with E-state index in [1.807, 2.05) is 12.1 Å². The van der Waals surface area contributed by atoms with Gasteiger partial charge in [0.2, 0.25) is 0 Å². The SMILES string of the molecule is COc1ccc(CCC2CCCCC2Cl)cc1. The zero-order valence-corrected chi connectivity index (χ0v) is 11.2. The molecule has 1 fully saturated rings. The molecule has 0 radical (unpaired) electrons. The van der Waals surface area contributed by atoms with Crippen molar-refractivity contribution in [3.8, 4) is 5.75 Å². The molecule has 1 nitrogen and oxygen atoms in total. The fourth-order valence-electron chi connectivity index (χ4n) is 2.63. The van der Waals surface area contributed by atoms with Crippen molar-refractivity contribution in [2.75, 3.05) is 7.11 Å². The second-order valence-corrected chi connectivity index (χ2v) is 5.51. The Bertz CT molecular complexity index is 333. The van der Waals surface area contributed by atoms with Crippen LogP contribution in [0.5, 0.6) is 5.75 Å². The highest BCUT2D eigenvalue weighted by Gasteiger charge is 2.22. The number of hydrogen-bond acceptors (Lipinski definition) is 1. The van der Waals surface area contributed by atoms with E-state index in [-0.39, 0.29) is 0 Å². The molecule has 0 aromatic heterocycles. The van der Waals surface area contributed by atoms with Gasteiger partial charge in [0, 0.05) is 5.38 Å². The van der Waals surface area contributed by atoms with Gasteiger partial charge >= 0.3 is 0 Å². The van der Waals surface area contributed by atoms with Gasteiger partial charge in [-0.15, -0.1) is 11.6 Å². The summed E-state index contributed by atoms with van der Waals surface area (Å²) >= 11 is 6.38. The Hall–Kier alpha value is -0.690. The molecule has 1 aromatic carbocycles. The van der Waals surface area contributed by atoms with Gasteiger partial charge in [-0.25, -0.2) is 0 Å². The third-order valence-electron chi connectivity index (χ3n) is 3.78. The second-order valence-electron chi connectivity index (χ2n) is 4.95. The van der Waals surface area contributed by atoms with E-state index in [9.17, 15) is 0 Å². The highest BCUT2D eigenvalue weighted by Crippen LogP contribution is 2.31. The van der Waals surface area contributed by atoms with Crippen molar-refractivity contribution in [2.45, 2.75) is 43.9 Å². The molecule has 1 aromatic rings. The van der Waals surface area contributed by atoms with Crippen LogP contribution in [0.15, 0.2) is 24.3 Å². The van der Waals surface area contributed by atoms with Crippen molar-refractivity contribution in [3.63, 3.8) is 0 Å². The summed E-state index contributed by atoms with van der Waals surface area (Å²) in [5, 5.41) is 0.405. The number of alkyl halides is 1. The number of halogens is 1. The average molecular weight is 253 g/mol. The predicted octanol–water partition coefficient (Wildman–Crippen LogP) is 4.43. The molecular weight excluding hydrogens is 232 g/mol. The quantitative estimate of drug-likeness (QED) is 0.721. The van der Waals surface area contributed by atoms with Crippen LogP contribution in [0.3, 0.4) is 0 Å². The van der Waals surface area contributed by atoms with E-state index in [1.165, 1.54) is 37.7 Å². The molecule has 94 valence electrons. The molecule has 1 aliphatic rings. The van der Waals surface area contributed by atoms with Crippen LogP contribution < -0.4 is 4.74 Å². The number of rotatable bonds is 4. The average Bonchev–Trinajstić information content (AvgIpc) is 2.38. The summed E-state index contributed by atoms with van der Waals surface area (Å²) in [5.74, 6) is 1.65. The van der Waals surface area contributed by atoms with Crippen molar-refractivity contribution in [3.05, 3.63) is 29.8 Å². The van der Waals surface area contributed by atoms with Crippen LogP contribution in [0, 0.1) is 5.92 Å². The number of methoxy groups -OCH3 is 1. The molecule has 1 saturated carbocycles. The Kier molecular flexibility index (Phi) is 4.73. The second kappa shape index (κ2) is 6.30. The number of ether oxygens (including phenoxy) is 1. The highest BCUT2D eigenvalue weighted by molar-refractivity contribution is 6.20. The molecule has 0 amide bonds. The van der Waals surface area contributed by atoms with Gasteiger partial charge < -0.3 is 4.74 Å². The molecular formula is C15H21ClO. The van der Waals surface area contributed by atoms with Crippen LogP contribution in [0.2, 0.25) is 0 Å². The molecule has 0 bridgehead atoms. The minimum absolute atomic E-state index is 0.405. The summed E-state index contributed by atoms with van der Waals surface area (Å²) in [6, 6.07) is 8.39. The molecule has 0 heterocycles. The molecule has 1 aliphatic carbocycles. The highest BCUT2D eigenvalue weighted by atomic mass is 35.5. The monoisotopic (exact) mass is 252 g/mol. The minimum atomic E-state index is 0.405. The predicted molar refractivity (Wildman–Crippen MR) is 72.9 cm³/mol. The molecule has 2 atom stereocenters. The normalized spacial score (nSPS) is 24.6. The van der Waals surface area contributed by atoms with Gasteiger partial charge in [0.05, 0.1) is 7.11 Å². The van der Waals surface area contributed by atoms with Crippen molar-refractivity contribution >= 4 is 11.6 Å². The van der Waals surface area contributed by atoms with E-state index in [0.29, 0.717) is 11.3 Å². The fourth-order valence-corrected chi connectivity index (χ4v) is 3.04. The zero-order chi connectivity index (χ0) is 12.1. The lowest BCUT2D eigenvalue weighted by Crippen LogP contribution is -2.20. The van der Waals surface area contributed by atoms with E-state index in [4.69, 9.17) is 16.3 Å². The van der Waals surface area contributed by atoms with Crippen LogP contribution in [0.1, 0.15) is 37.7 Å². The summed E-state index contributed by atoms with van der Waals surface area (Å²) in [5.41, 5.74) is 1.39. The van der Waals surface area contributed by atoms with Gasteiger partial charge in [-0.3, -0.25) is 0 Å². The lowest BCUT2D eigenvalue weighted by molar-refractivity contribution is 0.346. The third kappa shape index (κ3) is 3.64. The summed E-state index contributed by atoms with van der Waals surface area (Å²) in [6.45, 7) is 0. The van der Waals surface area contributed by atoms with Crippen molar-refractivity contribution in [2.24, 2.45) is 5.92 Å². The van der Waals surface area contributed by atoms with E-state index in [0.717, 1.165) is 12.2 Å². The van der Waals surface area contributed by atoms with E-state index >= 15 is 0 Å². The Morgan fingerprint density at radius 1 is 1.18 bits per heavy atom. The third-order valence-corrected chi connectivity index (χ3v) is 4.35. The molecule has 0 saturated heterocycles. The van der Waals surface area contributed by atoms with Crippen molar-refractivity contribution < 1.29 is 4.74 Å². The first-order valence-corrected chi connectivity index (χ1v) is 7.00. The smallest absolute Gasteiger partial charge is 0.118 e. The number of aryl methyl sites for hydroxylation is 1. The molecule has 2 heteroatoms. The summed E-state index contributed by atoms with van der Waals surface area (Å²) < 4.78 is 5.16. The zero-order valence-electron chi connectivity index (χ0n) is 10.5. The topological polar surface area (TPSA) is 9.23 Å². The Labute approximate surface area is 109 Å². The van der Waals surface area contributed by atoms with Gasteiger partial charge in [0.1, 0.15) is 5.75 Å². The summed E-state index contributed by atoms with van der Waals surface area (Å²) in [7, 11) is 1.70. The maximum absolute atomic E-state index is 6.38. The van der Waals surface area contributed by atoms with Gasteiger partial charge in [0.15, 0.2) is 0 Å². The maximum Gasteiger partial charge on any atom is 0.118 e. The lowest BCUT2D eigenvalue weighted by atomic mass is 9.85. The van der Waals surface area contributed by atoms with E-state index in [1.54, 1.807) is 7.11 Å². The molecule has 17 heavy (non-hydrogen) atoms. The van der Waals surface area contributed by atoms with Gasteiger partial charge in [0.25, 0.3) is 0 Å². The van der Waals surface area contributed by atoms with E-state index in [2.05, 4.69) is 12.1 Å². The summed E-state index contributed by atoms with van der Waals surface area (Å²) in [4.78, 5) is 0. The summed E-state index contributed by atoms with van der Waals surface area (Å²) in [6.07, 6.45) is 7.54. The Morgan fingerprint density at radius 2 is 1.88 bits per heavy atom. The standard InChI is InChI=1S/C15H21ClO/c1-17-14-10-7-12(8-11-14)6-9-13-4-2-3-5-15(13)16/h7-8,10-11,13,15H,2-6,9H2,1H3. The van der Waals surface area contributed by atoms with Gasteiger partial charge in [-0.1, -0.05) is 25.0 Å². The largest absolute Gasteiger partial charge is 0.497 e. The lowest BCUT2D eigenvalue weighted by Gasteiger charge is -2.26. The van der Waals surface area contributed by atoms with Crippen LogP contribution in [-0.2, 0) is 6.42 Å². The van der Waals surface area contributed by atoms with Gasteiger partial charge in [-0.2, -0.15) is 0 Å². The Balaban J connectivity index is 1.84. The maximum atomic E-state index is 6.38. The molecule has 0 N–H and O–H groups in total. The molecule has 0 spiro atoms. The minimum Gasteiger partial charge on any atom is -0.497 e. The van der Waals surface area contributed by atoms with E-state index < -0.39 is 0 Å². The van der Waals surface area contributed by atoms with Crippen LogP contribution in [0.25, 0.3) is 0 Å². The van der Waals surface area contributed by atoms with Gasteiger partial charge in [-0.05, 0) is 49.3 Å². The van der Waals surface area contributed by atoms with Crippen molar-refractivity contribution in [1.82, 2.24) is 0 Å². The first-order valence-electron chi connectivity index (χ1n) is 6.56. The molecule has 2 unspecified atom stereocenters. The molecule has 0 aliphatic heterocycles. The molecule has 2 rings (SSSR count). The van der Waals surface area contributed by atoms with Crippen LogP contribution >= 0.6 is 11.6 Å². The van der Waals surface area contributed by atoms with Crippen LogP contribution in [-0.4, -0.2) is 12.5 Å².